The van der Waals surface area contributed by atoms with Gasteiger partial charge in [0.15, 0.2) is 0 Å². The Morgan fingerprint density at radius 2 is 1.94 bits per heavy atom. The Morgan fingerprint density at radius 1 is 1.22 bits per heavy atom. The lowest BCUT2D eigenvalue weighted by atomic mass is 9.77. The summed E-state index contributed by atoms with van der Waals surface area (Å²) in [6.45, 7) is 6.83. The van der Waals surface area contributed by atoms with Crippen molar-refractivity contribution < 1.29 is 0 Å². The third kappa shape index (κ3) is 2.98. The highest BCUT2D eigenvalue weighted by Crippen LogP contribution is 2.33. The van der Waals surface area contributed by atoms with Crippen molar-refractivity contribution in [3.8, 4) is 0 Å². The van der Waals surface area contributed by atoms with Crippen LogP contribution in [0.5, 0.6) is 0 Å². The van der Waals surface area contributed by atoms with Crippen LogP contribution >= 0.6 is 0 Å². The van der Waals surface area contributed by atoms with E-state index in [0.29, 0.717) is 6.04 Å². The summed E-state index contributed by atoms with van der Waals surface area (Å²) in [7, 11) is 0. The van der Waals surface area contributed by atoms with Crippen molar-refractivity contribution in [3.63, 3.8) is 0 Å². The predicted molar refractivity (Wildman–Crippen MR) is 79.8 cm³/mol. The second-order valence-corrected chi connectivity index (χ2v) is 6.02. The molecule has 100 valence electrons. The number of nitrogen functional groups attached to an aromatic ring is 1. The molecule has 2 atom stereocenters. The monoisotopic (exact) mass is 246 g/mol. The highest BCUT2D eigenvalue weighted by atomic mass is 14.9. The fourth-order valence-corrected chi connectivity index (χ4v) is 3.19. The van der Waals surface area contributed by atoms with Gasteiger partial charge in [-0.05, 0) is 55.4 Å². The van der Waals surface area contributed by atoms with E-state index in [4.69, 9.17) is 5.73 Å². The van der Waals surface area contributed by atoms with Crippen molar-refractivity contribution in [2.45, 2.75) is 52.5 Å². The SMILES string of the molecule is Cc1cc(N)ccc1NC1CCCCC1C(C)C. The molecule has 0 heterocycles. The molecule has 1 aromatic rings. The van der Waals surface area contributed by atoms with Gasteiger partial charge in [-0.2, -0.15) is 0 Å². The van der Waals surface area contributed by atoms with Crippen LogP contribution in [0.3, 0.4) is 0 Å². The zero-order valence-electron chi connectivity index (χ0n) is 11.9. The van der Waals surface area contributed by atoms with Crippen molar-refractivity contribution in [2.24, 2.45) is 11.8 Å². The summed E-state index contributed by atoms with van der Waals surface area (Å²) in [6.07, 6.45) is 5.41. The zero-order chi connectivity index (χ0) is 13.1. The number of nitrogens with one attached hydrogen (secondary N) is 1. The van der Waals surface area contributed by atoms with Crippen LogP contribution in [0.4, 0.5) is 11.4 Å². The molecular formula is C16H26N2. The van der Waals surface area contributed by atoms with Gasteiger partial charge in [-0.3, -0.25) is 0 Å². The molecule has 1 aliphatic carbocycles. The second-order valence-electron chi connectivity index (χ2n) is 6.02. The largest absolute Gasteiger partial charge is 0.399 e. The second kappa shape index (κ2) is 5.64. The average Bonchev–Trinajstić information content (AvgIpc) is 2.33. The number of nitrogens with two attached hydrogens (primary N) is 1. The molecule has 2 nitrogen and oxygen atoms in total. The van der Waals surface area contributed by atoms with Gasteiger partial charge in [0.2, 0.25) is 0 Å². The normalized spacial score (nSPS) is 24.2. The molecule has 2 rings (SSSR count). The van der Waals surface area contributed by atoms with Gasteiger partial charge >= 0.3 is 0 Å². The average molecular weight is 246 g/mol. The van der Waals surface area contributed by atoms with Gasteiger partial charge in [-0.1, -0.05) is 26.7 Å². The molecule has 0 bridgehead atoms. The summed E-state index contributed by atoms with van der Waals surface area (Å²) >= 11 is 0. The van der Waals surface area contributed by atoms with Crippen LogP contribution in [0.25, 0.3) is 0 Å². The van der Waals surface area contributed by atoms with Crippen molar-refractivity contribution in [2.75, 3.05) is 11.1 Å². The summed E-state index contributed by atoms with van der Waals surface area (Å²) in [6, 6.07) is 6.79. The van der Waals surface area contributed by atoms with Gasteiger partial charge in [0.1, 0.15) is 0 Å². The maximum atomic E-state index is 5.81. The summed E-state index contributed by atoms with van der Waals surface area (Å²) in [5.74, 6) is 1.56. The lowest BCUT2D eigenvalue weighted by Gasteiger charge is -2.36. The molecule has 1 fully saturated rings. The molecule has 0 saturated heterocycles. The molecule has 3 N–H and O–H groups in total. The lowest BCUT2D eigenvalue weighted by Crippen LogP contribution is -2.35. The standard InChI is InChI=1S/C16H26N2/c1-11(2)14-6-4-5-7-16(14)18-15-9-8-13(17)10-12(15)3/h8-11,14,16,18H,4-7,17H2,1-3H3. The minimum absolute atomic E-state index is 0.626. The van der Waals surface area contributed by atoms with Gasteiger partial charge in [-0.15, -0.1) is 0 Å². The molecule has 0 aromatic heterocycles. The Balaban J connectivity index is 2.11. The topological polar surface area (TPSA) is 38.0 Å². The Labute approximate surface area is 111 Å². The first-order chi connectivity index (χ1) is 8.58. The Morgan fingerprint density at radius 3 is 2.61 bits per heavy atom. The molecule has 0 aliphatic heterocycles. The highest BCUT2D eigenvalue weighted by molar-refractivity contribution is 5.58. The summed E-state index contributed by atoms with van der Waals surface area (Å²) in [4.78, 5) is 0. The third-order valence-corrected chi connectivity index (χ3v) is 4.27. The van der Waals surface area contributed by atoms with Gasteiger partial charge in [0, 0.05) is 17.4 Å². The number of benzene rings is 1. The van der Waals surface area contributed by atoms with E-state index >= 15 is 0 Å². The number of hydrogen-bond acceptors (Lipinski definition) is 2. The maximum Gasteiger partial charge on any atom is 0.0373 e. The smallest absolute Gasteiger partial charge is 0.0373 e. The molecule has 1 aromatic carbocycles. The molecule has 0 amide bonds. The van der Waals surface area contributed by atoms with Crippen molar-refractivity contribution in [1.29, 1.82) is 0 Å². The molecular weight excluding hydrogens is 220 g/mol. The van der Waals surface area contributed by atoms with Crippen LogP contribution in [0.1, 0.15) is 45.1 Å². The molecule has 2 unspecified atom stereocenters. The van der Waals surface area contributed by atoms with Crippen LogP contribution in [-0.4, -0.2) is 6.04 Å². The quantitative estimate of drug-likeness (QED) is 0.784. The van der Waals surface area contributed by atoms with Gasteiger partial charge in [-0.25, -0.2) is 0 Å². The van der Waals surface area contributed by atoms with E-state index in [-0.39, 0.29) is 0 Å². The summed E-state index contributed by atoms with van der Waals surface area (Å²) in [5, 5.41) is 3.75. The molecule has 1 saturated carbocycles. The lowest BCUT2D eigenvalue weighted by molar-refractivity contribution is 0.254. The predicted octanol–water partition coefficient (Wildman–Crippen LogP) is 4.20. The molecule has 18 heavy (non-hydrogen) atoms. The number of anilines is 2. The van der Waals surface area contributed by atoms with Crippen LogP contribution in [0.15, 0.2) is 18.2 Å². The van der Waals surface area contributed by atoms with Gasteiger partial charge in [0.25, 0.3) is 0 Å². The highest BCUT2D eigenvalue weighted by Gasteiger charge is 2.27. The minimum atomic E-state index is 0.626. The third-order valence-electron chi connectivity index (χ3n) is 4.27. The first-order valence-electron chi connectivity index (χ1n) is 7.20. The number of rotatable bonds is 3. The Kier molecular flexibility index (Phi) is 4.15. The van der Waals surface area contributed by atoms with Crippen LogP contribution in [0.2, 0.25) is 0 Å². The first-order valence-corrected chi connectivity index (χ1v) is 7.20. The minimum Gasteiger partial charge on any atom is -0.399 e. The van der Waals surface area contributed by atoms with E-state index in [1.165, 1.54) is 36.9 Å². The molecule has 1 aliphatic rings. The molecule has 0 radical (unpaired) electrons. The van der Waals surface area contributed by atoms with Crippen molar-refractivity contribution in [3.05, 3.63) is 23.8 Å². The Hall–Kier alpha value is -1.18. The molecule has 0 spiro atoms. The number of hydrogen-bond donors (Lipinski definition) is 2. The maximum absolute atomic E-state index is 5.81. The van der Waals surface area contributed by atoms with Crippen LogP contribution < -0.4 is 11.1 Å². The fraction of sp³-hybridized carbons (Fsp3) is 0.625. The van der Waals surface area contributed by atoms with Crippen molar-refractivity contribution >= 4 is 11.4 Å². The fourth-order valence-electron chi connectivity index (χ4n) is 3.19. The molecule has 2 heteroatoms. The summed E-state index contributed by atoms with van der Waals surface area (Å²) in [5.41, 5.74) is 9.16. The first kappa shape index (κ1) is 13.3. The zero-order valence-corrected chi connectivity index (χ0v) is 11.9. The van der Waals surface area contributed by atoms with Gasteiger partial charge in [0.05, 0.1) is 0 Å². The van der Waals surface area contributed by atoms with Crippen LogP contribution in [0, 0.1) is 18.8 Å². The summed E-state index contributed by atoms with van der Waals surface area (Å²) < 4.78 is 0. The van der Waals surface area contributed by atoms with Crippen molar-refractivity contribution in [1.82, 2.24) is 0 Å². The Bertz CT molecular complexity index is 398. The van der Waals surface area contributed by atoms with Gasteiger partial charge < -0.3 is 11.1 Å². The van der Waals surface area contributed by atoms with E-state index in [0.717, 1.165) is 17.5 Å². The number of aryl methyl sites for hydroxylation is 1. The van der Waals surface area contributed by atoms with E-state index in [9.17, 15) is 0 Å². The van der Waals surface area contributed by atoms with E-state index in [1.807, 2.05) is 6.07 Å². The van der Waals surface area contributed by atoms with Crippen LogP contribution in [-0.2, 0) is 0 Å². The van der Waals surface area contributed by atoms with E-state index in [1.54, 1.807) is 0 Å². The van der Waals surface area contributed by atoms with E-state index < -0.39 is 0 Å². The van der Waals surface area contributed by atoms with E-state index in [2.05, 4.69) is 38.2 Å².